The van der Waals surface area contributed by atoms with Crippen molar-refractivity contribution in [1.82, 2.24) is 4.31 Å². The Morgan fingerprint density at radius 3 is 2.69 bits per heavy atom. The SMILES string of the molecule is CCN(CCCO)S(=O)(=O)c1sccc1Br. The molecule has 1 aromatic rings. The number of hydrogen-bond acceptors (Lipinski definition) is 4. The summed E-state index contributed by atoms with van der Waals surface area (Å²) in [5, 5.41) is 10.5. The Bertz CT molecular complexity index is 430. The van der Waals surface area contributed by atoms with Gasteiger partial charge in [0.1, 0.15) is 4.21 Å². The third-order valence-electron chi connectivity index (χ3n) is 2.08. The van der Waals surface area contributed by atoms with Crippen LogP contribution in [0.1, 0.15) is 13.3 Å². The molecule has 0 aromatic carbocycles. The maximum atomic E-state index is 12.2. The molecule has 0 bridgehead atoms. The minimum atomic E-state index is -3.42. The summed E-state index contributed by atoms with van der Waals surface area (Å²) in [6.45, 7) is 2.54. The van der Waals surface area contributed by atoms with E-state index in [1.54, 1.807) is 18.4 Å². The molecular weight excluding hydrogens is 314 g/mol. The van der Waals surface area contributed by atoms with E-state index in [1.165, 1.54) is 15.6 Å². The lowest BCUT2D eigenvalue weighted by Gasteiger charge is -2.19. The van der Waals surface area contributed by atoms with Crippen LogP contribution in [0.25, 0.3) is 0 Å². The van der Waals surface area contributed by atoms with E-state index in [-0.39, 0.29) is 6.61 Å². The van der Waals surface area contributed by atoms with Crippen LogP contribution in [0, 0.1) is 0 Å². The molecular formula is C9H14BrNO3S2. The van der Waals surface area contributed by atoms with Crippen molar-refractivity contribution >= 4 is 37.3 Å². The molecule has 1 rings (SSSR count). The monoisotopic (exact) mass is 327 g/mol. The van der Waals surface area contributed by atoms with Crippen molar-refractivity contribution < 1.29 is 13.5 Å². The summed E-state index contributed by atoms with van der Waals surface area (Å²) in [6, 6.07) is 1.72. The second kappa shape index (κ2) is 6.11. The van der Waals surface area contributed by atoms with Crippen LogP contribution in [-0.4, -0.2) is 37.5 Å². The van der Waals surface area contributed by atoms with Crippen molar-refractivity contribution in [2.24, 2.45) is 0 Å². The molecule has 0 atom stereocenters. The van der Waals surface area contributed by atoms with E-state index in [4.69, 9.17) is 5.11 Å². The maximum absolute atomic E-state index is 12.2. The molecule has 0 aliphatic rings. The third-order valence-corrected chi connectivity index (χ3v) is 6.70. The van der Waals surface area contributed by atoms with Crippen LogP contribution in [0.15, 0.2) is 20.1 Å². The first-order valence-corrected chi connectivity index (χ1v) is 7.99. The fourth-order valence-corrected chi connectivity index (χ4v) is 5.21. The largest absolute Gasteiger partial charge is 0.396 e. The van der Waals surface area contributed by atoms with Gasteiger partial charge < -0.3 is 5.11 Å². The molecule has 92 valence electrons. The summed E-state index contributed by atoms with van der Waals surface area (Å²) in [5.41, 5.74) is 0. The van der Waals surface area contributed by atoms with Crippen LogP contribution in [0.5, 0.6) is 0 Å². The van der Waals surface area contributed by atoms with Crippen LogP contribution < -0.4 is 0 Å². The molecule has 1 heterocycles. The Kier molecular flexibility index (Phi) is 5.39. The Balaban J connectivity index is 2.95. The molecule has 0 amide bonds. The van der Waals surface area contributed by atoms with Crippen molar-refractivity contribution in [3.8, 4) is 0 Å². The minimum absolute atomic E-state index is 0.00235. The van der Waals surface area contributed by atoms with Gasteiger partial charge in [0.25, 0.3) is 10.0 Å². The van der Waals surface area contributed by atoms with Gasteiger partial charge in [-0.3, -0.25) is 0 Å². The Morgan fingerprint density at radius 1 is 1.56 bits per heavy atom. The zero-order chi connectivity index (χ0) is 12.2. The van der Waals surface area contributed by atoms with E-state index in [0.717, 1.165) is 0 Å². The van der Waals surface area contributed by atoms with E-state index in [0.29, 0.717) is 28.2 Å². The highest BCUT2D eigenvalue weighted by Crippen LogP contribution is 2.30. The molecule has 0 fully saturated rings. The standard InChI is InChI=1S/C9H14BrNO3S2/c1-2-11(5-3-6-12)16(13,14)9-8(10)4-7-15-9/h4,7,12H,2-3,5-6H2,1H3. The fourth-order valence-electron chi connectivity index (χ4n) is 1.28. The predicted octanol–water partition coefficient (Wildman–Crippen LogP) is 1.90. The molecule has 0 aliphatic carbocycles. The molecule has 1 aromatic heterocycles. The van der Waals surface area contributed by atoms with Gasteiger partial charge in [-0.15, -0.1) is 11.3 Å². The molecule has 0 aliphatic heterocycles. The quantitative estimate of drug-likeness (QED) is 0.868. The number of aliphatic hydroxyl groups excluding tert-OH is 1. The molecule has 4 nitrogen and oxygen atoms in total. The fraction of sp³-hybridized carbons (Fsp3) is 0.556. The number of sulfonamides is 1. The number of aliphatic hydroxyl groups is 1. The van der Waals surface area contributed by atoms with Gasteiger partial charge in [0.15, 0.2) is 0 Å². The molecule has 0 saturated heterocycles. The van der Waals surface area contributed by atoms with Gasteiger partial charge in [-0.1, -0.05) is 6.92 Å². The van der Waals surface area contributed by atoms with Crippen molar-refractivity contribution in [3.63, 3.8) is 0 Å². The van der Waals surface area contributed by atoms with Gasteiger partial charge in [-0.2, -0.15) is 4.31 Å². The molecule has 0 radical (unpaired) electrons. The molecule has 0 saturated carbocycles. The van der Waals surface area contributed by atoms with E-state index < -0.39 is 10.0 Å². The summed E-state index contributed by atoms with van der Waals surface area (Å²) in [5.74, 6) is 0. The number of hydrogen-bond donors (Lipinski definition) is 1. The third kappa shape index (κ3) is 3.04. The van der Waals surface area contributed by atoms with Gasteiger partial charge in [-0.05, 0) is 33.8 Å². The summed E-state index contributed by atoms with van der Waals surface area (Å²) >= 11 is 4.42. The molecule has 1 N–H and O–H groups in total. The van der Waals surface area contributed by atoms with E-state index in [2.05, 4.69) is 15.9 Å². The normalized spacial score (nSPS) is 12.2. The lowest BCUT2D eigenvalue weighted by atomic mass is 10.4. The second-order valence-electron chi connectivity index (χ2n) is 3.13. The topological polar surface area (TPSA) is 57.6 Å². The van der Waals surface area contributed by atoms with Gasteiger partial charge >= 0.3 is 0 Å². The predicted molar refractivity (Wildman–Crippen MR) is 68.2 cm³/mol. The summed E-state index contributed by atoms with van der Waals surface area (Å²) in [4.78, 5) is 0. The molecule has 0 unspecified atom stereocenters. The van der Waals surface area contributed by atoms with Crippen LogP contribution in [0.2, 0.25) is 0 Å². The van der Waals surface area contributed by atoms with Gasteiger partial charge in [0.05, 0.1) is 0 Å². The second-order valence-corrected chi connectivity index (χ2v) is 7.03. The average molecular weight is 328 g/mol. The Hall–Kier alpha value is 0.0500. The summed E-state index contributed by atoms with van der Waals surface area (Å²) < 4.78 is 26.7. The zero-order valence-electron chi connectivity index (χ0n) is 8.89. The van der Waals surface area contributed by atoms with Crippen LogP contribution in [0.4, 0.5) is 0 Å². The molecule has 0 spiro atoms. The first-order valence-electron chi connectivity index (χ1n) is 4.88. The highest BCUT2D eigenvalue weighted by molar-refractivity contribution is 9.10. The highest BCUT2D eigenvalue weighted by atomic mass is 79.9. The van der Waals surface area contributed by atoms with Crippen LogP contribution in [-0.2, 0) is 10.0 Å². The minimum Gasteiger partial charge on any atom is -0.396 e. The lowest BCUT2D eigenvalue weighted by Crippen LogP contribution is -2.32. The first kappa shape index (κ1) is 14.1. The molecule has 16 heavy (non-hydrogen) atoms. The van der Waals surface area contributed by atoms with Crippen LogP contribution in [0.3, 0.4) is 0 Å². The average Bonchev–Trinajstić information content (AvgIpc) is 2.66. The number of rotatable bonds is 6. The Labute approximate surface area is 108 Å². The van der Waals surface area contributed by atoms with E-state index in [9.17, 15) is 8.42 Å². The summed E-state index contributed by atoms with van der Waals surface area (Å²) in [6.07, 6.45) is 0.454. The van der Waals surface area contributed by atoms with Crippen molar-refractivity contribution in [2.75, 3.05) is 19.7 Å². The smallest absolute Gasteiger partial charge is 0.253 e. The lowest BCUT2D eigenvalue weighted by molar-refractivity contribution is 0.271. The molecule has 7 heteroatoms. The zero-order valence-corrected chi connectivity index (χ0v) is 12.1. The highest BCUT2D eigenvalue weighted by Gasteiger charge is 2.25. The van der Waals surface area contributed by atoms with E-state index >= 15 is 0 Å². The van der Waals surface area contributed by atoms with Gasteiger partial charge in [0, 0.05) is 24.2 Å². The van der Waals surface area contributed by atoms with Gasteiger partial charge in [-0.25, -0.2) is 8.42 Å². The van der Waals surface area contributed by atoms with Crippen molar-refractivity contribution in [3.05, 3.63) is 15.9 Å². The number of nitrogens with zero attached hydrogens (tertiary/aromatic N) is 1. The number of halogens is 1. The van der Waals surface area contributed by atoms with Crippen molar-refractivity contribution in [1.29, 1.82) is 0 Å². The van der Waals surface area contributed by atoms with Crippen LogP contribution >= 0.6 is 27.3 Å². The Morgan fingerprint density at radius 2 is 2.25 bits per heavy atom. The first-order chi connectivity index (χ1) is 7.54. The summed E-state index contributed by atoms with van der Waals surface area (Å²) in [7, 11) is -3.42. The maximum Gasteiger partial charge on any atom is 0.253 e. The van der Waals surface area contributed by atoms with E-state index in [1.807, 2.05) is 0 Å². The van der Waals surface area contributed by atoms with Crippen molar-refractivity contribution in [2.45, 2.75) is 17.6 Å². The van der Waals surface area contributed by atoms with Gasteiger partial charge in [0.2, 0.25) is 0 Å². The number of thiophene rings is 1.